The van der Waals surface area contributed by atoms with Crippen LogP contribution in [0.15, 0.2) is 24.3 Å². The van der Waals surface area contributed by atoms with E-state index in [1.54, 1.807) is 12.1 Å². The van der Waals surface area contributed by atoms with E-state index in [4.69, 9.17) is 4.74 Å². The van der Waals surface area contributed by atoms with Crippen LogP contribution in [0.25, 0.3) is 0 Å². The fourth-order valence-corrected chi connectivity index (χ4v) is 1.08. The molecule has 0 saturated carbocycles. The van der Waals surface area contributed by atoms with E-state index < -0.39 is 5.41 Å². The van der Waals surface area contributed by atoms with Crippen LogP contribution in [-0.2, 0) is 4.79 Å². The molecule has 3 nitrogen and oxygen atoms in total. The Bertz CT molecular complexity index is 355. The van der Waals surface area contributed by atoms with Gasteiger partial charge in [0.05, 0.1) is 5.41 Å². The van der Waals surface area contributed by atoms with Crippen molar-refractivity contribution < 1.29 is 9.53 Å². The maximum atomic E-state index is 11.8. The molecule has 0 aliphatic heterocycles. The lowest BCUT2D eigenvalue weighted by Crippen LogP contribution is -2.28. The molecule has 0 bridgehead atoms. The summed E-state index contributed by atoms with van der Waals surface area (Å²) in [6.45, 7) is 5.75. The van der Waals surface area contributed by atoms with E-state index in [0.717, 1.165) is 12.1 Å². The summed E-state index contributed by atoms with van der Waals surface area (Å²) in [5.74, 6) is 0.401. The maximum Gasteiger partial charge on any atom is 0.316 e. The molecule has 0 aliphatic carbocycles. The number of anilines is 1. The van der Waals surface area contributed by atoms with Crippen LogP contribution in [0.2, 0.25) is 0 Å². The Morgan fingerprint density at radius 2 is 1.88 bits per heavy atom. The number of benzene rings is 1. The number of ether oxygens (including phenoxy) is 1. The van der Waals surface area contributed by atoms with Crippen molar-refractivity contribution in [2.45, 2.75) is 27.2 Å². The quantitative estimate of drug-likeness (QED) is 0.627. The largest absolute Gasteiger partial charge is 0.426 e. The second-order valence-corrected chi connectivity index (χ2v) is 4.40. The van der Waals surface area contributed by atoms with E-state index in [9.17, 15) is 4.79 Å². The van der Waals surface area contributed by atoms with Crippen molar-refractivity contribution in [1.29, 1.82) is 0 Å². The van der Waals surface area contributed by atoms with Gasteiger partial charge >= 0.3 is 5.97 Å². The Hall–Kier alpha value is -1.51. The third-order valence-corrected chi connectivity index (χ3v) is 2.79. The summed E-state index contributed by atoms with van der Waals surface area (Å²) in [6, 6.07) is 7.33. The van der Waals surface area contributed by atoms with Gasteiger partial charge in [-0.15, -0.1) is 0 Å². The lowest BCUT2D eigenvalue weighted by molar-refractivity contribution is -0.144. The maximum absolute atomic E-state index is 11.8. The zero-order valence-corrected chi connectivity index (χ0v) is 10.3. The smallest absolute Gasteiger partial charge is 0.316 e. The van der Waals surface area contributed by atoms with Crippen LogP contribution in [0.5, 0.6) is 5.75 Å². The van der Waals surface area contributed by atoms with Crippen LogP contribution in [0.3, 0.4) is 0 Å². The van der Waals surface area contributed by atoms with E-state index in [1.807, 2.05) is 40.0 Å². The molecular formula is C13H19NO2. The molecule has 3 heteroatoms. The monoisotopic (exact) mass is 221 g/mol. The highest BCUT2D eigenvalue weighted by molar-refractivity contribution is 5.78. The second-order valence-electron chi connectivity index (χ2n) is 4.40. The number of carbonyl (C=O) groups is 1. The lowest BCUT2D eigenvalue weighted by atomic mass is 9.91. The SMILES string of the molecule is CCC(C)(C)C(=O)Oc1ccc(NC)cc1. The van der Waals surface area contributed by atoms with Crippen molar-refractivity contribution in [3.63, 3.8) is 0 Å². The highest BCUT2D eigenvalue weighted by Gasteiger charge is 2.27. The van der Waals surface area contributed by atoms with Crippen LogP contribution in [-0.4, -0.2) is 13.0 Å². The van der Waals surface area contributed by atoms with Gasteiger partial charge in [-0.05, 0) is 44.5 Å². The van der Waals surface area contributed by atoms with Gasteiger partial charge in [0.2, 0.25) is 0 Å². The van der Waals surface area contributed by atoms with Crippen molar-refractivity contribution in [3.8, 4) is 5.75 Å². The number of carbonyl (C=O) groups excluding carboxylic acids is 1. The standard InChI is InChI=1S/C13H19NO2/c1-5-13(2,3)12(15)16-11-8-6-10(14-4)7-9-11/h6-9,14H,5H2,1-4H3. The molecule has 0 saturated heterocycles. The Morgan fingerprint density at radius 3 is 2.31 bits per heavy atom. The highest BCUT2D eigenvalue weighted by Crippen LogP contribution is 2.24. The molecule has 0 amide bonds. The minimum absolute atomic E-state index is 0.188. The third-order valence-electron chi connectivity index (χ3n) is 2.79. The molecule has 0 spiro atoms. The Morgan fingerprint density at radius 1 is 1.31 bits per heavy atom. The Labute approximate surface area is 96.8 Å². The summed E-state index contributed by atoms with van der Waals surface area (Å²) in [5, 5.41) is 3.01. The number of hydrogen-bond acceptors (Lipinski definition) is 3. The van der Waals surface area contributed by atoms with Crippen LogP contribution in [0, 0.1) is 5.41 Å². The van der Waals surface area contributed by atoms with E-state index >= 15 is 0 Å². The van der Waals surface area contributed by atoms with Gasteiger partial charge in [-0.2, -0.15) is 0 Å². The van der Waals surface area contributed by atoms with Gasteiger partial charge in [-0.3, -0.25) is 4.79 Å². The molecule has 0 aromatic heterocycles. The fourth-order valence-electron chi connectivity index (χ4n) is 1.08. The van der Waals surface area contributed by atoms with Gasteiger partial charge in [0.1, 0.15) is 5.75 Å². The first kappa shape index (κ1) is 12.6. The van der Waals surface area contributed by atoms with Gasteiger partial charge in [-0.25, -0.2) is 0 Å². The van der Waals surface area contributed by atoms with Crippen LogP contribution >= 0.6 is 0 Å². The molecule has 0 aliphatic rings. The highest BCUT2D eigenvalue weighted by atomic mass is 16.5. The predicted octanol–water partition coefficient (Wildman–Crippen LogP) is 3.07. The predicted molar refractivity (Wildman–Crippen MR) is 65.7 cm³/mol. The Kier molecular flexibility index (Phi) is 3.93. The molecule has 0 unspecified atom stereocenters. The first-order chi connectivity index (χ1) is 7.49. The van der Waals surface area contributed by atoms with Gasteiger partial charge in [0.25, 0.3) is 0 Å². The first-order valence-electron chi connectivity index (χ1n) is 5.49. The van der Waals surface area contributed by atoms with Gasteiger partial charge in [-0.1, -0.05) is 6.92 Å². The molecule has 0 radical (unpaired) electrons. The van der Waals surface area contributed by atoms with Crippen molar-refractivity contribution >= 4 is 11.7 Å². The molecule has 1 aromatic rings. The van der Waals surface area contributed by atoms with Gasteiger partial charge in [0, 0.05) is 12.7 Å². The van der Waals surface area contributed by atoms with Crippen molar-refractivity contribution in [2.24, 2.45) is 5.41 Å². The molecule has 0 heterocycles. The summed E-state index contributed by atoms with van der Waals surface area (Å²) in [7, 11) is 1.85. The van der Waals surface area contributed by atoms with E-state index in [0.29, 0.717) is 5.75 Å². The normalized spacial score (nSPS) is 11.0. The molecular weight excluding hydrogens is 202 g/mol. The summed E-state index contributed by atoms with van der Waals surface area (Å²) in [4.78, 5) is 11.8. The molecule has 88 valence electrons. The van der Waals surface area contributed by atoms with Crippen LogP contribution < -0.4 is 10.1 Å². The number of esters is 1. The summed E-state index contributed by atoms with van der Waals surface area (Å²) >= 11 is 0. The molecule has 1 aromatic carbocycles. The van der Waals surface area contributed by atoms with Crippen LogP contribution in [0.4, 0.5) is 5.69 Å². The van der Waals surface area contributed by atoms with E-state index in [-0.39, 0.29) is 5.97 Å². The van der Waals surface area contributed by atoms with Crippen molar-refractivity contribution in [3.05, 3.63) is 24.3 Å². The summed E-state index contributed by atoms with van der Waals surface area (Å²) < 4.78 is 5.30. The summed E-state index contributed by atoms with van der Waals surface area (Å²) in [5.41, 5.74) is 0.566. The van der Waals surface area contributed by atoms with Crippen LogP contribution in [0.1, 0.15) is 27.2 Å². The van der Waals surface area contributed by atoms with E-state index in [2.05, 4.69) is 5.32 Å². The summed E-state index contributed by atoms with van der Waals surface area (Å²) in [6.07, 6.45) is 0.764. The minimum Gasteiger partial charge on any atom is -0.426 e. The lowest BCUT2D eigenvalue weighted by Gasteiger charge is -2.20. The molecule has 0 atom stereocenters. The zero-order chi connectivity index (χ0) is 12.2. The average molecular weight is 221 g/mol. The number of nitrogens with one attached hydrogen (secondary N) is 1. The zero-order valence-electron chi connectivity index (χ0n) is 10.3. The van der Waals surface area contributed by atoms with Crippen molar-refractivity contribution in [2.75, 3.05) is 12.4 Å². The average Bonchev–Trinajstić information content (AvgIpc) is 2.30. The topological polar surface area (TPSA) is 38.3 Å². The molecule has 1 rings (SSSR count). The fraction of sp³-hybridized carbons (Fsp3) is 0.462. The number of rotatable bonds is 4. The van der Waals surface area contributed by atoms with Gasteiger partial charge < -0.3 is 10.1 Å². The Balaban J connectivity index is 2.70. The molecule has 0 fully saturated rings. The molecule has 16 heavy (non-hydrogen) atoms. The first-order valence-corrected chi connectivity index (χ1v) is 5.49. The number of hydrogen-bond donors (Lipinski definition) is 1. The molecule has 1 N–H and O–H groups in total. The van der Waals surface area contributed by atoms with E-state index in [1.165, 1.54) is 0 Å². The third kappa shape index (κ3) is 2.99. The second kappa shape index (κ2) is 5.01. The minimum atomic E-state index is -0.429. The van der Waals surface area contributed by atoms with Gasteiger partial charge in [0.15, 0.2) is 0 Å². The van der Waals surface area contributed by atoms with Crippen molar-refractivity contribution in [1.82, 2.24) is 0 Å².